The molecule has 21 heavy (non-hydrogen) atoms. The molecule has 0 atom stereocenters. The van der Waals surface area contributed by atoms with E-state index in [1.807, 2.05) is 30.6 Å². The number of carbonyl (C=O) groups is 1. The molecule has 3 rings (SSSR count). The van der Waals surface area contributed by atoms with E-state index in [1.165, 1.54) is 11.0 Å². The number of thiophene rings is 1. The van der Waals surface area contributed by atoms with Gasteiger partial charge in [-0.05, 0) is 23.9 Å². The number of anilines is 1. The van der Waals surface area contributed by atoms with Gasteiger partial charge in [0.05, 0.1) is 11.1 Å². The van der Waals surface area contributed by atoms with Crippen LogP contribution >= 0.6 is 11.3 Å². The normalized spacial score (nSPS) is 10.8. The van der Waals surface area contributed by atoms with Crippen molar-refractivity contribution in [2.45, 2.75) is 13.5 Å². The molecule has 0 radical (unpaired) electrons. The van der Waals surface area contributed by atoms with Gasteiger partial charge >= 0.3 is 0 Å². The summed E-state index contributed by atoms with van der Waals surface area (Å²) in [5.74, 6) is 0.251. The van der Waals surface area contributed by atoms with E-state index in [9.17, 15) is 4.79 Å². The highest BCUT2D eigenvalue weighted by atomic mass is 32.1. The Hall–Kier alpha value is -2.48. The standard InChI is InChI=1S/C13H14N6OS/c1-9-7-19(17-13(9)10-4-3-5-21-10)8-12(20)15-11-6-14-18(2)16-11/h3-7H,8H2,1-2H3,(H,15,16,20). The number of nitrogens with zero attached hydrogens (tertiary/aromatic N) is 5. The zero-order valence-corrected chi connectivity index (χ0v) is 12.5. The molecule has 0 saturated carbocycles. The van der Waals surface area contributed by atoms with Crippen molar-refractivity contribution in [3.63, 3.8) is 0 Å². The van der Waals surface area contributed by atoms with Gasteiger partial charge in [-0.3, -0.25) is 9.48 Å². The van der Waals surface area contributed by atoms with Crippen LogP contribution in [0.3, 0.4) is 0 Å². The van der Waals surface area contributed by atoms with Gasteiger partial charge in [0.15, 0.2) is 5.82 Å². The number of aryl methyl sites for hydroxylation is 2. The van der Waals surface area contributed by atoms with Crippen molar-refractivity contribution < 1.29 is 4.79 Å². The second-order valence-corrected chi connectivity index (χ2v) is 5.55. The van der Waals surface area contributed by atoms with E-state index in [2.05, 4.69) is 20.6 Å². The van der Waals surface area contributed by atoms with Gasteiger partial charge in [-0.15, -0.1) is 16.4 Å². The Kier molecular flexibility index (Phi) is 3.53. The number of hydrogen-bond acceptors (Lipinski definition) is 5. The molecule has 0 aliphatic rings. The second-order valence-electron chi connectivity index (χ2n) is 4.60. The van der Waals surface area contributed by atoms with Crippen molar-refractivity contribution in [3.05, 3.63) is 35.5 Å². The zero-order valence-electron chi connectivity index (χ0n) is 11.6. The van der Waals surface area contributed by atoms with Crippen molar-refractivity contribution in [1.29, 1.82) is 0 Å². The molecule has 3 heterocycles. The lowest BCUT2D eigenvalue weighted by Crippen LogP contribution is -2.19. The maximum absolute atomic E-state index is 12.0. The highest BCUT2D eigenvalue weighted by Gasteiger charge is 2.11. The largest absolute Gasteiger partial charge is 0.306 e. The maximum atomic E-state index is 12.0. The zero-order chi connectivity index (χ0) is 14.8. The molecule has 0 bridgehead atoms. The van der Waals surface area contributed by atoms with Gasteiger partial charge in [0, 0.05) is 13.2 Å². The molecule has 7 nitrogen and oxygen atoms in total. The van der Waals surface area contributed by atoms with Crippen LogP contribution in [0.25, 0.3) is 10.6 Å². The number of carbonyl (C=O) groups excluding carboxylic acids is 1. The molecule has 0 spiro atoms. The van der Waals surface area contributed by atoms with Crippen LogP contribution in [-0.4, -0.2) is 30.7 Å². The van der Waals surface area contributed by atoms with Crippen LogP contribution in [0.5, 0.6) is 0 Å². The number of amides is 1. The molecule has 1 amide bonds. The number of nitrogens with one attached hydrogen (secondary N) is 1. The van der Waals surface area contributed by atoms with Gasteiger partial charge in [0.25, 0.3) is 0 Å². The summed E-state index contributed by atoms with van der Waals surface area (Å²) in [4.78, 5) is 14.4. The Morgan fingerprint density at radius 1 is 1.43 bits per heavy atom. The van der Waals surface area contributed by atoms with Gasteiger partial charge < -0.3 is 5.32 Å². The second kappa shape index (κ2) is 5.49. The quantitative estimate of drug-likeness (QED) is 0.795. The first kappa shape index (κ1) is 13.5. The van der Waals surface area contributed by atoms with Crippen LogP contribution < -0.4 is 5.32 Å². The van der Waals surface area contributed by atoms with Gasteiger partial charge in [0.2, 0.25) is 5.91 Å². The molecular weight excluding hydrogens is 288 g/mol. The first-order chi connectivity index (χ1) is 10.1. The summed E-state index contributed by atoms with van der Waals surface area (Å²) in [6.07, 6.45) is 3.37. The highest BCUT2D eigenvalue weighted by molar-refractivity contribution is 7.13. The number of hydrogen-bond donors (Lipinski definition) is 1. The molecular formula is C13H14N6OS. The van der Waals surface area contributed by atoms with E-state index in [-0.39, 0.29) is 12.5 Å². The summed E-state index contributed by atoms with van der Waals surface area (Å²) in [6.45, 7) is 2.13. The smallest absolute Gasteiger partial charge is 0.247 e. The van der Waals surface area contributed by atoms with Crippen LogP contribution in [0.2, 0.25) is 0 Å². The van der Waals surface area contributed by atoms with Crippen LogP contribution in [0, 0.1) is 6.92 Å². The van der Waals surface area contributed by atoms with E-state index in [4.69, 9.17) is 0 Å². The van der Waals surface area contributed by atoms with E-state index in [0.29, 0.717) is 5.82 Å². The third-order valence-corrected chi connectivity index (χ3v) is 3.75. The molecule has 0 saturated heterocycles. The minimum absolute atomic E-state index is 0.142. The monoisotopic (exact) mass is 302 g/mol. The Morgan fingerprint density at radius 3 is 2.95 bits per heavy atom. The fourth-order valence-electron chi connectivity index (χ4n) is 1.99. The minimum atomic E-state index is -0.185. The predicted octanol–water partition coefficient (Wildman–Crippen LogP) is 1.69. The topological polar surface area (TPSA) is 77.6 Å². The minimum Gasteiger partial charge on any atom is -0.306 e. The fraction of sp³-hybridized carbons (Fsp3) is 0.231. The van der Waals surface area contributed by atoms with Crippen molar-refractivity contribution in [2.24, 2.45) is 7.05 Å². The summed E-state index contributed by atoms with van der Waals surface area (Å²) in [5.41, 5.74) is 1.96. The molecule has 1 N–H and O–H groups in total. The van der Waals surface area contributed by atoms with Crippen molar-refractivity contribution >= 4 is 23.1 Å². The average Bonchev–Trinajstić information content (AvgIpc) is 3.12. The Labute approximate surface area is 125 Å². The van der Waals surface area contributed by atoms with Gasteiger partial charge in [-0.1, -0.05) is 6.07 Å². The molecule has 108 valence electrons. The summed E-state index contributed by atoms with van der Waals surface area (Å²) in [6, 6.07) is 4.00. The molecule has 8 heteroatoms. The molecule has 3 aromatic rings. The summed E-state index contributed by atoms with van der Waals surface area (Å²) in [7, 11) is 1.69. The van der Waals surface area contributed by atoms with Crippen molar-refractivity contribution in [1.82, 2.24) is 24.8 Å². The Bertz CT molecular complexity index is 758. The first-order valence-corrected chi connectivity index (χ1v) is 7.24. The molecule has 3 aromatic heterocycles. The first-order valence-electron chi connectivity index (χ1n) is 6.36. The van der Waals surface area contributed by atoms with Crippen molar-refractivity contribution in [2.75, 3.05) is 5.32 Å². The summed E-state index contributed by atoms with van der Waals surface area (Å²) < 4.78 is 1.64. The maximum Gasteiger partial charge on any atom is 0.247 e. The lowest BCUT2D eigenvalue weighted by Gasteiger charge is -2.01. The third kappa shape index (κ3) is 3.00. The summed E-state index contributed by atoms with van der Waals surface area (Å²) >= 11 is 1.63. The van der Waals surface area contributed by atoms with E-state index < -0.39 is 0 Å². The van der Waals surface area contributed by atoms with E-state index >= 15 is 0 Å². The third-order valence-electron chi connectivity index (χ3n) is 2.87. The molecule has 0 unspecified atom stereocenters. The molecule has 0 aliphatic heterocycles. The van der Waals surface area contributed by atoms with E-state index in [1.54, 1.807) is 23.1 Å². The van der Waals surface area contributed by atoms with Gasteiger partial charge in [-0.25, -0.2) is 0 Å². The van der Waals surface area contributed by atoms with E-state index in [0.717, 1.165) is 16.1 Å². The highest BCUT2D eigenvalue weighted by Crippen LogP contribution is 2.25. The average molecular weight is 302 g/mol. The lowest BCUT2D eigenvalue weighted by molar-refractivity contribution is -0.116. The van der Waals surface area contributed by atoms with Crippen LogP contribution in [-0.2, 0) is 18.4 Å². The number of rotatable bonds is 4. The molecule has 0 aliphatic carbocycles. The Balaban J connectivity index is 1.70. The van der Waals surface area contributed by atoms with Gasteiger partial charge in [-0.2, -0.15) is 15.0 Å². The van der Waals surface area contributed by atoms with Gasteiger partial charge in [0.1, 0.15) is 12.2 Å². The molecule has 0 fully saturated rings. The SMILES string of the molecule is Cc1cn(CC(=O)Nc2cnn(C)n2)nc1-c1cccs1. The fourth-order valence-corrected chi connectivity index (χ4v) is 2.77. The van der Waals surface area contributed by atoms with Crippen molar-refractivity contribution in [3.8, 4) is 10.6 Å². The predicted molar refractivity (Wildman–Crippen MR) is 79.9 cm³/mol. The van der Waals surface area contributed by atoms with Crippen LogP contribution in [0.15, 0.2) is 29.9 Å². The molecule has 0 aromatic carbocycles. The van der Waals surface area contributed by atoms with Crippen LogP contribution in [0.4, 0.5) is 5.82 Å². The Morgan fingerprint density at radius 2 is 2.29 bits per heavy atom. The lowest BCUT2D eigenvalue weighted by atomic mass is 10.2. The number of aromatic nitrogens is 5. The summed E-state index contributed by atoms with van der Waals surface area (Å²) in [5, 5.41) is 17.1. The van der Waals surface area contributed by atoms with Crippen LogP contribution in [0.1, 0.15) is 5.56 Å².